The largest absolute Gasteiger partial charge is 0.421 e. The van der Waals surface area contributed by atoms with Crippen molar-refractivity contribution in [1.82, 2.24) is 14.9 Å². The summed E-state index contributed by atoms with van der Waals surface area (Å²) in [5.41, 5.74) is -0.326. The number of hydrogen-bond acceptors (Lipinski definition) is 7. The molecule has 176 valence electrons. The number of aromatic nitrogens is 2. The van der Waals surface area contributed by atoms with Gasteiger partial charge in [0.2, 0.25) is 5.95 Å². The number of hydrogen-bond donors (Lipinski definition) is 2. The van der Waals surface area contributed by atoms with Crippen LogP contribution in [0, 0.1) is 0 Å². The molecule has 2 aromatic rings. The van der Waals surface area contributed by atoms with Crippen LogP contribution in [0.25, 0.3) is 0 Å². The Morgan fingerprint density at radius 2 is 1.91 bits per heavy atom. The number of benzene rings is 1. The zero-order chi connectivity index (χ0) is 23.5. The van der Waals surface area contributed by atoms with Crippen molar-refractivity contribution in [2.75, 3.05) is 37.5 Å². The minimum Gasteiger partial charge on any atom is -0.365 e. The van der Waals surface area contributed by atoms with Crippen molar-refractivity contribution < 1.29 is 17.4 Å². The molecule has 2 N–H and O–H groups in total. The van der Waals surface area contributed by atoms with Gasteiger partial charge in [0.15, 0.2) is 0 Å². The molecule has 1 aliphatic rings. The number of nitrogens with one attached hydrogen (secondary N) is 2. The molecule has 1 aromatic carbocycles. The van der Waals surface area contributed by atoms with Crippen LogP contribution in [-0.2, 0) is 15.9 Å². The average molecular weight is 471 g/mol. The Hall–Kier alpha value is -2.40. The predicted octanol–water partition coefficient (Wildman–Crippen LogP) is 4.61. The molecule has 1 aromatic heterocycles. The van der Waals surface area contributed by atoms with E-state index in [-0.39, 0.29) is 23.8 Å². The van der Waals surface area contributed by atoms with Crippen molar-refractivity contribution in [3.63, 3.8) is 0 Å². The van der Waals surface area contributed by atoms with Gasteiger partial charge >= 0.3 is 6.18 Å². The zero-order valence-corrected chi connectivity index (χ0v) is 19.4. The van der Waals surface area contributed by atoms with Crippen molar-refractivity contribution in [3.8, 4) is 0 Å². The summed E-state index contributed by atoms with van der Waals surface area (Å²) in [4.78, 5) is 10.6. The number of anilines is 3. The van der Waals surface area contributed by atoms with E-state index in [2.05, 4.69) is 25.0 Å². The predicted molar refractivity (Wildman–Crippen MR) is 121 cm³/mol. The molecule has 0 spiro atoms. The van der Waals surface area contributed by atoms with Crippen LogP contribution in [0.1, 0.15) is 31.7 Å². The second-order valence-corrected chi connectivity index (χ2v) is 10.4. The molecule has 1 aliphatic carbocycles. The second kappa shape index (κ2) is 9.62. The van der Waals surface area contributed by atoms with Crippen LogP contribution in [0.15, 0.2) is 39.7 Å². The van der Waals surface area contributed by atoms with E-state index >= 15 is 0 Å². The molecule has 32 heavy (non-hydrogen) atoms. The van der Waals surface area contributed by atoms with Gasteiger partial charge in [0.1, 0.15) is 11.4 Å². The number of alkyl halides is 3. The quantitative estimate of drug-likeness (QED) is 0.615. The zero-order valence-electron chi connectivity index (χ0n) is 18.6. The summed E-state index contributed by atoms with van der Waals surface area (Å²) < 4.78 is 57.4. The molecule has 0 saturated heterocycles. The third kappa shape index (κ3) is 5.69. The van der Waals surface area contributed by atoms with Crippen LogP contribution < -0.4 is 10.6 Å². The fourth-order valence-electron chi connectivity index (χ4n) is 3.90. The first-order chi connectivity index (χ1) is 15.0. The third-order valence-corrected chi connectivity index (χ3v) is 7.38. The van der Waals surface area contributed by atoms with Gasteiger partial charge in [-0.2, -0.15) is 18.2 Å². The number of nitrogens with zero attached hydrogens (tertiary/aromatic N) is 4. The molecule has 1 saturated carbocycles. The van der Waals surface area contributed by atoms with Gasteiger partial charge in [-0.15, -0.1) is 0 Å². The van der Waals surface area contributed by atoms with E-state index in [4.69, 9.17) is 0 Å². The van der Waals surface area contributed by atoms with Gasteiger partial charge in [0.05, 0.1) is 9.73 Å². The Labute approximate surface area is 187 Å². The topological polar surface area (TPSA) is 82.5 Å². The van der Waals surface area contributed by atoms with E-state index in [0.29, 0.717) is 17.1 Å². The van der Waals surface area contributed by atoms with E-state index in [1.54, 1.807) is 30.5 Å². The van der Waals surface area contributed by atoms with Crippen molar-refractivity contribution in [2.24, 2.45) is 4.36 Å². The van der Waals surface area contributed by atoms with Gasteiger partial charge in [-0.1, -0.05) is 0 Å². The highest BCUT2D eigenvalue weighted by Gasteiger charge is 2.37. The van der Waals surface area contributed by atoms with Crippen molar-refractivity contribution in [2.45, 2.75) is 49.3 Å². The average Bonchev–Trinajstić information content (AvgIpc) is 3.16. The minimum absolute atomic E-state index is 0.0446. The summed E-state index contributed by atoms with van der Waals surface area (Å²) in [5.74, 6) is -0.188. The lowest BCUT2D eigenvalue weighted by atomic mass is 10.1. The first-order valence-electron chi connectivity index (χ1n) is 10.4. The summed E-state index contributed by atoms with van der Waals surface area (Å²) in [6.45, 7) is 2.26. The highest BCUT2D eigenvalue weighted by atomic mass is 32.2. The molecule has 0 aliphatic heterocycles. The molecular formula is C21H29F3N6OS. The van der Waals surface area contributed by atoms with Crippen LogP contribution in [0.4, 0.5) is 30.6 Å². The summed E-state index contributed by atoms with van der Waals surface area (Å²) in [7, 11) is 1.37. The maximum atomic E-state index is 13.6. The minimum atomic E-state index is -4.57. The lowest BCUT2D eigenvalue weighted by molar-refractivity contribution is -0.137. The monoisotopic (exact) mass is 470 g/mol. The molecule has 0 unspecified atom stereocenters. The Morgan fingerprint density at radius 3 is 2.50 bits per heavy atom. The number of rotatable bonds is 7. The van der Waals surface area contributed by atoms with Crippen molar-refractivity contribution in [1.29, 1.82) is 0 Å². The van der Waals surface area contributed by atoms with Crippen LogP contribution >= 0.6 is 0 Å². The van der Waals surface area contributed by atoms with E-state index in [0.717, 1.165) is 25.5 Å². The Bertz CT molecular complexity index is 1050. The van der Waals surface area contributed by atoms with Crippen LogP contribution in [0.3, 0.4) is 0 Å². The second-order valence-electron chi connectivity index (χ2n) is 8.06. The fourth-order valence-corrected chi connectivity index (χ4v) is 5.19. The van der Waals surface area contributed by atoms with Gasteiger partial charge in [0.25, 0.3) is 0 Å². The van der Waals surface area contributed by atoms with Crippen LogP contribution in [-0.4, -0.2) is 58.1 Å². The SMILES string of the molecule is CCN=[S@@](C)(=O)c1ccc(Nc2ncc(C(F)(F)F)c(N[C@@H]3CCC[C@H]3N(C)C)n2)cc1. The standard InChI is InChI=1S/C21H29F3N6OS/c1-5-26-32(4,31)15-11-9-14(10-12-15)27-20-25-13-16(21(22,23)24)19(29-20)28-17-7-6-8-18(17)30(2)3/h9-13,17-18H,5-8H2,1-4H3,(H2,25,27,28,29)/t17-,18-,32+/m1/s1. The molecule has 11 heteroatoms. The normalized spacial score (nSPS) is 20.8. The maximum absolute atomic E-state index is 13.6. The molecule has 1 fully saturated rings. The van der Waals surface area contributed by atoms with Gasteiger partial charge in [0, 0.05) is 41.7 Å². The lowest BCUT2D eigenvalue weighted by Crippen LogP contribution is -2.39. The molecule has 0 bridgehead atoms. The smallest absolute Gasteiger partial charge is 0.365 e. The van der Waals surface area contributed by atoms with Crippen LogP contribution in [0.2, 0.25) is 0 Å². The lowest BCUT2D eigenvalue weighted by Gasteiger charge is -2.28. The van der Waals surface area contributed by atoms with Gasteiger partial charge in [-0.25, -0.2) is 13.6 Å². The van der Waals surface area contributed by atoms with Gasteiger partial charge < -0.3 is 15.5 Å². The fraction of sp³-hybridized carbons (Fsp3) is 0.524. The van der Waals surface area contributed by atoms with E-state index < -0.39 is 21.5 Å². The Balaban J connectivity index is 1.86. The van der Waals surface area contributed by atoms with E-state index in [1.165, 1.54) is 0 Å². The molecular weight excluding hydrogens is 441 g/mol. The Kier molecular flexibility index (Phi) is 7.29. The summed E-state index contributed by atoms with van der Waals surface area (Å²) >= 11 is 0. The summed E-state index contributed by atoms with van der Waals surface area (Å²) in [6.07, 6.45) is 0.422. The first kappa shape index (κ1) is 24.2. The van der Waals surface area contributed by atoms with Crippen molar-refractivity contribution >= 4 is 27.2 Å². The van der Waals surface area contributed by atoms with Crippen molar-refractivity contribution in [3.05, 3.63) is 36.0 Å². The maximum Gasteiger partial charge on any atom is 0.421 e. The van der Waals surface area contributed by atoms with Gasteiger partial charge in [-0.05, 0) is 64.5 Å². The first-order valence-corrected chi connectivity index (χ1v) is 12.4. The molecule has 0 radical (unpaired) electrons. The highest BCUT2D eigenvalue weighted by Crippen LogP contribution is 2.36. The van der Waals surface area contributed by atoms with E-state index in [9.17, 15) is 17.4 Å². The summed E-state index contributed by atoms with van der Waals surface area (Å²) in [5, 5.41) is 5.94. The molecule has 7 nitrogen and oxygen atoms in total. The number of halogens is 3. The summed E-state index contributed by atoms with van der Waals surface area (Å²) in [6, 6.07) is 6.70. The number of likely N-dealkylation sites (N-methyl/N-ethyl adjacent to an activating group) is 1. The molecule has 0 amide bonds. The van der Waals surface area contributed by atoms with E-state index in [1.807, 2.05) is 25.9 Å². The third-order valence-electron chi connectivity index (χ3n) is 5.48. The highest BCUT2D eigenvalue weighted by molar-refractivity contribution is 7.93. The van der Waals surface area contributed by atoms with Crippen LogP contribution in [0.5, 0.6) is 0 Å². The molecule has 3 atom stereocenters. The Morgan fingerprint density at radius 1 is 1.22 bits per heavy atom. The molecule has 1 heterocycles. The van der Waals surface area contributed by atoms with Gasteiger partial charge in [-0.3, -0.25) is 0 Å². The molecule has 3 rings (SSSR count).